The minimum atomic E-state index is -0.171. The Labute approximate surface area is 119 Å². The Balaban J connectivity index is 2.22. The molecule has 0 fully saturated rings. The van der Waals surface area contributed by atoms with Crippen LogP contribution in [0.4, 0.5) is 5.69 Å². The van der Waals surface area contributed by atoms with Crippen LogP contribution in [-0.4, -0.2) is 16.9 Å². The van der Waals surface area contributed by atoms with Gasteiger partial charge in [0, 0.05) is 17.1 Å². The highest BCUT2D eigenvalue weighted by Crippen LogP contribution is 2.20. The number of nitrogens with one attached hydrogen (secondary N) is 1. The molecule has 1 atom stereocenters. The molecule has 1 aromatic carbocycles. The fourth-order valence-electron chi connectivity index (χ4n) is 2.38. The van der Waals surface area contributed by atoms with Gasteiger partial charge in [-0.2, -0.15) is 0 Å². The lowest BCUT2D eigenvalue weighted by Gasteiger charge is -2.16. The van der Waals surface area contributed by atoms with Gasteiger partial charge in [-0.15, -0.1) is 0 Å². The zero-order valence-electron chi connectivity index (χ0n) is 12.2. The number of nitrogens with zero attached hydrogens (tertiary/aromatic N) is 1. The quantitative estimate of drug-likeness (QED) is 0.898. The van der Waals surface area contributed by atoms with Crippen molar-refractivity contribution in [2.24, 2.45) is 5.92 Å². The van der Waals surface area contributed by atoms with Gasteiger partial charge in [0.15, 0.2) is 0 Å². The van der Waals surface area contributed by atoms with E-state index in [4.69, 9.17) is 5.73 Å². The van der Waals surface area contributed by atoms with Crippen molar-refractivity contribution in [2.75, 3.05) is 5.73 Å². The van der Waals surface area contributed by atoms with Crippen LogP contribution in [0.2, 0.25) is 0 Å². The summed E-state index contributed by atoms with van der Waals surface area (Å²) >= 11 is 0. The fourth-order valence-corrected chi connectivity index (χ4v) is 2.38. The highest BCUT2D eigenvalue weighted by Gasteiger charge is 2.14. The number of anilines is 1. The van der Waals surface area contributed by atoms with Gasteiger partial charge in [-0.3, -0.25) is 4.79 Å². The lowest BCUT2D eigenvalue weighted by molar-refractivity contribution is 0.0931. The maximum Gasteiger partial charge on any atom is 0.270 e. The molecule has 1 aromatic heterocycles. The number of benzene rings is 1. The van der Waals surface area contributed by atoms with Crippen LogP contribution in [0.15, 0.2) is 30.3 Å². The van der Waals surface area contributed by atoms with Crippen LogP contribution in [0.3, 0.4) is 0 Å². The molecule has 0 aliphatic carbocycles. The number of rotatable bonds is 4. The molecule has 0 radical (unpaired) electrons. The molecule has 106 valence electrons. The average Bonchev–Trinajstić information content (AvgIpc) is 2.37. The van der Waals surface area contributed by atoms with E-state index in [-0.39, 0.29) is 11.9 Å². The molecule has 0 aliphatic rings. The van der Waals surface area contributed by atoms with Crippen LogP contribution in [0.1, 0.15) is 37.7 Å². The van der Waals surface area contributed by atoms with Crippen LogP contribution in [0.25, 0.3) is 10.9 Å². The Hall–Kier alpha value is -2.10. The first-order valence-electron chi connectivity index (χ1n) is 6.93. The summed E-state index contributed by atoms with van der Waals surface area (Å²) in [6.45, 7) is 6.27. The second kappa shape index (κ2) is 5.90. The predicted octanol–water partition coefficient (Wildman–Crippen LogP) is 2.98. The third-order valence-electron chi connectivity index (χ3n) is 3.18. The van der Waals surface area contributed by atoms with Gasteiger partial charge in [-0.05, 0) is 31.4 Å². The summed E-state index contributed by atoms with van der Waals surface area (Å²) in [6.07, 6.45) is 0.939. The highest BCUT2D eigenvalue weighted by atomic mass is 16.1. The first kappa shape index (κ1) is 14.3. The van der Waals surface area contributed by atoms with E-state index in [9.17, 15) is 4.79 Å². The molecule has 1 amide bonds. The summed E-state index contributed by atoms with van der Waals surface area (Å²) in [4.78, 5) is 16.6. The van der Waals surface area contributed by atoms with Gasteiger partial charge in [0.25, 0.3) is 5.91 Å². The topological polar surface area (TPSA) is 68.0 Å². The molecule has 2 aromatic rings. The van der Waals surface area contributed by atoms with E-state index in [1.54, 1.807) is 6.07 Å². The van der Waals surface area contributed by atoms with Crippen molar-refractivity contribution in [3.05, 3.63) is 36.0 Å². The Bertz CT molecular complexity index is 622. The molecule has 2 rings (SSSR count). The Morgan fingerprint density at radius 2 is 2.00 bits per heavy atom. The van der Waals surface area contributed by atoms with Gasteiger partial charge in [-0.1, -0.05) is 32.0 Å². The number of para-hydroxylation sites is 1. The lowest BCUT2D eigenvalue weighted by Crippen LogP contribution is -2.34. The maximum atomic E-state index is 12.2. The van der Waals surface area contributed by atoms with Crippen LogP contribution < -0.4 is 11.1 Å². The predicted molar refractivity (Wildman–Crippen MR) is 82.5 cm³/mol. The number of nitrogen functional groups attached to an aromatic ring is 1. The summed E-state index contributed by atoms with van der Waals surface area (Å²) in [5, 5.41) is 3.84. The van der Waals surface area contributed by atoms with Gasteiger partial charge < -0.3 is 11.1 Å². The van der Waals surface area contributed by atoms with E-state index < -0.39 is 0 Å². The zero-order chi connectivity index (χ0) is 14.7. The molecule has 0 saturated carbocycles. The molecule has 3 N–H and O–H groups in total. The van der Waals surface area contributed by atoms with E-state index in [1.807, 2.05) is 31.2 Å². The lowest BCUT2D eigenvalue weighted by atomic mass is 10.1. The molecule has 4 heteroatoms. The molecule has 0 saturated heterocycles. The van der Waals surface area contributed by atoms with E-state index in [0.717, 1.165) is 17.3 Å². The largest absolute Gasteiger partial charge is 0.398 e. The van der Waals surface area contributed by atoms with E-state index >= 15 is 0 Å². The van der Waals surface area contributed by atoms with Gasteiger partial charge in [0.1, 0.15) is 5.69 Å². The van der Waals surface area contributed by atoms with E-state index in [0.29, 0.717) is 17.3 Å². The van der Waals surface area contributed by atoms with E-state index in [1.165, 1.54) is 0 Å². The number of hydrogen-bond donors (Lipinski definition) is 2. The monoisotopic (exact) mass is 271 g/mol. The number of hydrogen-bond acceptors (Lipinski definition) is 3. The molecule has 0 aliphatic heterocycles. The Morgan fingerprint density at radius 1 is 1.30 bits per heavy atom. The third-order valence-corrected chi connectivity index (χ3v) is 3.18. The van der Waals surface area contributed by atoms with Crippen molar-refractivity contribution < 1.29 is 4.79 Å². The maximum absolute atomic E-state index is 12.2. The molecule has 1 heterocycles. The summed E-state index contributed by atoms with van der Waals surface area (Å²) in [7, 11) is 0. The normalized spacial score (nSPS) is 12.6. The molecular formula is C16H21N3O. The second-order valence-corrected chi connectivity index (χ2v) is 5.62. The standard InChI is InChI=1S/C16H21N3O/c1-10(2)8-11(3)18-16(20)15-9-13(17)12-6-4-5-7-14(12)19-15/h4-7,9-11H,8H2,1-3H3,(H2,17,19)(H,18,20). The molecule has 4 nitrogen and oxygen atoms in total. The summed E-state index contributed by atoms with van der Waals surface area (Å²) in [6, 6.07) is 9.32. The number of pyridine rings is 1. The van der Waals surface area contributed by atoms with E-state index in [2.05, 4.69) is 24.1 Å². The average molecular weight is 271 g/mol. The van der Waals surface area contributed by atoms with Crippen molar-refractivity contribution in [2.45, 2.75) is 33.2 Å². The second-order valence-electron chi connectivity index (χ2n) is 5.62. The van der Waals surface area contributed by atoms with Crippen LogP contribution in [0, 0.1) is 5.92 Å². The summed E-state index contributed by atoms with van der Waals surface area (Å²) < 4.78 is 0. The van der Waals surface area contributed by atoms with Crippen molar-refractivity contribution >= 4 is 22.5 Å². The van der Waals surface area contributed by atoms with Crippen LogP contribution in [-0.2, 0) is 0 Å². The zero-order valence-corrected chi connectivity index (χ0v) is 12.2. The minimum Gasteiger partial charge on any atom is -0.398 e. The SMILES string of the molecule is CC(C)CC(C)NC(=O)c1cc(N)c2ccccc2n1. The first-order valence-corrected chi connectivity index (χ1v) is 6.93. The number of carbonyl (C=O) groups excluding carboxylic acids is 1. The van der Waals surface area contributed by atoms with Crippen molar-refractivity contribution in [3.8, 4) is 0 Å². The Morgan fingerprint density at radius 3 is 2.70 bits per heavy atom. The number of amides is 1. The van der Waals surface area contributed by atoms with Crippen molar-refractivity contribution in [3.63, 3.8) is 0 Å². The molecule has 0 bridgehead atoms. The molecule has 1 unspecified atom stereocenters. The number of fused-ring (bicyclic) bond motifs is 1. The third kappa shape index (κ3) is 3.26. The smallest absolute Gasteiger partial charge is 0.270 e. The fraction of sp³-hybridized carbons (Fsp3) is 0.375. The molecular weight excluding hydrogens is 250 g/mol. The first-order chi connectivity index (χ1) is 9.47. The van der Waals surface area contributed by atoms with Gasteiger partial charge in [0.05, 0.1) is 5.52 Å². The summed E-state index contributed by atoms with van der Waals surface area (Å²) in [5.41, 5.74) is 7.68. The Kier molecular flexibility index (Phi) is 4.23. The molecule has 0 spiro atoms. The van der Waals surface area contributed by atoms with Gasteiger partial charge in [0.2, 0.25) is 0 Å². The van der Waals surface area contributed by atoms with Crippen molar-refractivity contribution in [1.82, 2.24) is 10.3 Å². The highest BCUT2D eigenvalue weighted by molar-refractivity contribution is 5.99. The van der Waals surface area contributed by atoms with Gasteiger partial charge in [-0.25, -0.2) is 4.98 Å². The van der Waals surface area contributed by atoms with Crippen LogP contribution in [0.5, 0.6) is 0 Å². The number of carbonyl (C=O) groups is 1. The number of aromatic nitrogens is 1. The molecule has 20 heavy (non-hydrogen) atoms. The van der Waals surface area contributed by atoms with Crippen LogP contribution >= 0.6 is 0 Å². The minimum absolute atomic E-state index is 0.122. The summed E-state index contributed by atoms with van der Waals surface area (Å²) in [5.74, 6) is 0.371. The van der Waals surface area contributed by atoms with Gasteiger partial charge >= 0.3 is 0 Å². The van der Waals surface area contributed by atoms with Crippen molar-refractivity contribution in [1.29, 1.82) is 0 Å². The number of nitrogens with two attached hydrogens (primary N) is 1.